The third-order valence-electron chi connectivity index (χ3n) is 1.09. The van der Waals surface area contributed by atoms with Gasteiger partial charge in [0.1, 0.15) is 5.25 Å². The summed E-state index contributed by atoms with van der Waals surface area (Å²) in [4.78, 5) is 10.7. The lowest BCUT2D eigenvalue weighted by atomic mass is 10.5. The molecule has 0 saturated carbocycles. The zero-order valence-corrected chi connectivity index (χ0v) is 6.26. The van der Waals surface area contributed by atoms with Gasteiger partial charge in [-0.1, -0.05) is 0 Å². The molecule has 2 N–H and O–H groups in total. The van der Waals surface area contributed by atoms with Crippen LogP contribution in [0.1, 0.15) is 0 Å². The smallest absolute Gasteiger partial charge is 0.327 e. The second-order valence-corrected chi connectivity index (χ2v) is 3.09. The highest BCUT2D eigenvalue weighted by Gasteiger charge is 2.20. The molecule has 0 aromatic carbocycles. The van der Waals surface area contributed by atoms with E-state index in [4.69, 9.17) is 5.73 Å². The number of carbonyl (C=O) groups excluding carboxylic acids is 1. The van der Waals surface area contributed by atoms with Crippen LogP contribution in [0.15, 0.2) is 12.3 Å². The third kappa shape index (κ3) is 1.75. The molecule has 1 atom stereocenters. The number of hydrogen-bond acceptors (Lipinski definition) is 4. The van der Waals surface area contributed by atoms with E-state index in [0.29, 0.717) is 6.54 Å². The zero-order valence-electron chi connectivity index (χ0n) is 5.45. The monoisotopic (exact) mass is 159 g/mol. The van der Waals surface area contributed by atoms with Gasteiger partial charge >= 0.3 is 5.97 Å². The van der Waals surface area contributed by atoms with Gasteiger partial charge in [0, 0.05) is 12.3 Å². The molecule has 0 aliphatic carbocycles. The number of hydrogen-bond donors (Lipinski definition) is 1. The summed E-state index contributed by atoms with van der Waals surface area (Å²) < 4.78 is 4.58. The number of thioether (sulfide) groups is 1. The summed E-state index contributed by atoms with van der Waals surface area (Å²) >= 11 is 1.51. The molecular weight excluding hydrogens is 150 g/mol. The van der Waals surface area contributed by atoms with Crippen LogP contribution in [-0.4, -0.2) is 23.5 Å². The van der Waals surface area contributed by atoms with Gasteiger partial charge in [0.15, 0.2) is 0 Å². The van der Waals surface area contributed by atoms with Gasteiger partial charge in [-0.3, -0.25) is 4.79 Å². The minimum Gasteiger partial charge on any atom is -0.434 e. The highest BCUT2D eigenvalue weighted by Crippen LogP contribution is 2.17. The normalized spacial score (nSPS) is 23.3. The predicted molar refractivity (Wildman–Crippen MR) is 40.5 cm³/mol. The third-order valence-corrected chi connectivity index (χ3v) is 2.27. The number of nitrogens with two attached hydrogens (primary N) is 1. The van der Waals surface area contributed by atoms with Crippen LogP contribution in [0.5, 0.6) is 0 Å². The SMILES string of the molecule is NCCSC1C=COC1=O. The van der Waals surface area contributed by atoms with Crippen molar-refractivity contribution in [2.75, 3.05) is 12.3 Å². The Balaban J connectivity index is 2.27. The van der Waals surface area contributed by atoms with Gasteiger partial charge in [-0.15, -0.1) is 11.8 Å². The van der Waals surface area contributed by atoms with Crippen molar-refractivity contribution in [1.82, 2.24) is 0 Å². The zero-order chi connectivity index (χ0) is 7.40. The van der Waals surface area contributed by atoms with Crippen molar-refractivity contribution in [3.63, 3.8) is 0 Å². The maximum absolute atomic E-state index is 10.7. The largest absolute Gasteiger partial charge is 0.434 e. The molecule has 0 bridgehead atoms. The molecule has 1 rings (SSSR count). The van der Waals surface area contributed by atoms with Gasteiger partial charge in [-0.05, 0) is 6.08 Å². The maximum atomic E-state index is 10.7. The van der Waals surface area contributed by atoms with Crippen LogP contribution < -0.4 is 5.73 Å². The summed E-state index contributed by atoms with van der Waals surface area (Å²) in [6.45, 7) is 0.599. The standard InChI is InChI=1S/C6H9NO2S/c7-2-4-10-5-1-3-9-6(5)8/h1,3,5H,2,4,7H2. The Morgan fingerprint density at radius 2 is 2.60 bits per heavy atom. The van der Waals surface area contributed by atoms with Crippen LogP contribution in [0.3, 0.4) is 0 Å². The minimum absolute atomic E-state index is 0.122. The molecule has 1 aliphatic rings. The molecule has 56 valence electrons. The van der Waals surface area contributed by atoms with E-state index in [0.717, 1.165) is 5.75 Å². The molecule has 0 aromatic rings. The van der Waals surface area contributed by atoms with E-state index >= 15 is 0 Å². The number of esters is 1. The molecule has 1 unspecified atom stereocenters. The molecule has 0 spiro atoms. The molecular formula is C6H9NO2S. The molecule has 10 heavy (non-hydrogen) atoms. The second-order valence-electron chi connectivity index (χ2n) is 1.85. The van der Waals surface area contributed by atoms with E-state index in [-0.39, 0.29) is 11.2 Å². The minimum atomic E-state index is -0.182. The number of rotatable bonds is 3. The van der Waals surface area contributed by atoms with Crippen LogP contribution in [-0.2, 0) is 9.53 Å². The summed E-state index contributed by atoms with van der Waals surface area (Å²) in [5, 5.41) is -0.122. The van der Waals surface area contributed by atoms with Crippen LogP contribution >= 0.6 is 11.8 Å². The first-order chi connectivity index (χ1) is 4.84. The first-order valence-corrected chi connectivity index (χ1v) is 4.08. The quantitative estimate of drug-likeness (QED) is 0.594. The molecule has 3 nitrogen and oxygen atoms in total. The van der Waals surface area contributed by atoms with E-state index in [9.17, 15) is 4.79 Å². The van der Waals surface area contributed by atoms with E-state index in [2.05, 4.69) is 4.74 Å². The molecule has 0 fully saturated rings. The Morgan fingerprint density at radius 3 is 3.10 bits per heavy atom. The maximum Gasteiger partial charge on any atom is 0.327 e. The van der Waals surface area contributed by atoms with Crippen molar-refractivity contribution >= 4 is 17.7 Å². The molecule has 0 aromatic heterocycles. The van der Waals surface area contributed by atoms with Crippen molar-refractivity contribution in [1.29, 1.82) is 0 Å². The lowest BCUT2D eigenvalue weighted by Gasteiger charge is -2.01. The molecule has 1 heterocycles. The van der Waals surface area contributed by atoms with Crippen molar-refractivity contribution in [2.24, 2.45) is 5.73 Å². The van der Waals surface area contributed by atoms with Crippen molar-refractivity contribution in [3.05, 3.63) is 12.3 Å². The average molecular weight is 159 g/mol. The highest BCUT2D eigenvalue weighted by atomic mass is 32.2. The van der Waals surface area contributed by atoms with Crippen LogP contribution in [0.2, 0.25) is 0 Å². The van der Waals surface area contributed by atoms with Gasteiger partial charge in [0.05, 0.1) is 6.26 Å². The fraction of sp³-hybridized carbons (Fsp3) is 0.500. The van der Waals surface area contributed by atoms with E-state index in [1.54, 1.807) is 6.08 Å². The first kappa shape index (κ1) is 7.63. The molecule has 4 heteroatoms. The van der Waals surface area contributed by atoms with E-state index in [1.807, 2.05) is 0 Å². The lowest BCUT2D eigenvalue weighted by molar-refractivity contribution is -0.134. The lowest BCUT2D eigenvalue weighted by Crippen LogP contribution is -2.13. The Labute approximate surface area is 63.6 Å². The van der Waals surface area contributed by atoms with Gasteiger partial charge in [0.2, 0.25) is 0 Å². The Bertz CT molecular complexity index is 158. The summed E-state index contributed by atoms with van der Waals surface area (Å²) in [5.41, 5.74) is 5.26. The van der Waals surface area contributed by atoms with Gasteiger partial charge in [-0.2, -0.15) is 0 Å². The molecule has 0 saturated heterocycles. The van der Waals surface area contributed by atoms with Gasteiger partial charge < -0.3 is 10.5 Å². The summed E-state index contributed by atoms with van der Waals surface area (Å²) in [5.74, 6) is 0.614. The van der Waals surface area contributed by atoms with Crippen LogP contribution in [0.25, 0.3) is 0 Å². The number of cyclic esters (lactones) is 1. The second kappa shape index (κ2) is 3.63. The number of ether oxygens (including phenoxy) is 1. The van der Waals surface area contributed by atoms with Gasteiger partial charge in [-0.25, -0.2) is 0 Å². The molecule has 1 aliphatic heterocycles. The fourth-order valence-electron chi connectivity index (χ4n) is 0.642. The van der Waals surface area contributed by atoms with Gasteiger partial charge in [0.25, 0.3) is 0 Å². The van der Waals surface area contributed by atoms with Crippen molar-refractivity contribution in [2.45, 2.75) is 5.25 Å². The number of carbonyl (C=O) groups is 1. The van der Waals surface area contributed by atoms with Crippen LogP contribution in [0.4, 0.5) is 0 Å². The Kier molecular flexibility index (Phi) is 2.77. The van der Waals surface area contributed by atoms with Crippen molar-refractivity contribution in [3.8, 4) is 0 Å². The summed E-state index contributed by atoms with van der Waals surface area (Å²) in [7, 11) is 0. The first-order valence-electron chi connectivity index (χ1n) is 3.03. The van der Waals surface area contributed by atoms with E-state index in [1.165, 1.54) is 18.0 Å². The molecule has 0 amide bonds. The topological polar surface area (TPSA) is 52.3 Å². The van der Waals surface area contributed by atoms with Crippen molar-refractivity contribution < 1.29 is 9.53 Å². The summed E-state index contributed by atoms with van der Waals surface area (Å²) in [6, 6.07) is 0. The Morgan fingerprint density at radius 1 is 1.80 bits per heavy atom. The highest BCUT2D eigenvalue weighted by molar-refractivity contribution is 8.00. The van der Waals surface area contributed by atoms with Crippen LogP contribution in [0, 0.1) is 0 Å². The molecule has 0 radical (unpaired) electrons. The van der Waals surface area contributed by atoms with E-state index < -0.39 is 0 Å². The predicted octanol–water partition coefficient (Wildman–Crippen LogP) is 0.117. The summed E-state index contributed by atoms with van der Waals surface area (Å²) in [6.07, 6.45) is 3.17. The Hall–Kier alpha value is -0.480. The average Bonchev–Trinajstić information content (AvgIpc) is 2.31. The fourth-order valence-corrected chi connectivity index (χ4v) is 1.40.